The van der Waals surface area contributed by atoms with Gasteiger partial charge in [0, 0.05) is 17.8 Å². The minimum Gasteiger partial charge on any atom is -0.389 e. The minimum absolute atomic E-state index is 0.0526. The van der Waals surface area contributed by atoms with Crippen molar-refractivity contribution in [3.63, 3.8) is 0 Å². The Morgan fingerprint density at radius 2 is 2.16 bits per heavy atom. The zero-order valence-electron chi connectivity index (χ0n) is 11.0. The van der Waals surface area contributed by atoms with Gasteiger partial charge in [0.25, 0.3) is 0 Å². The molecule has 0 heterocycles. The van der Waals surface area contributed by atoms with Crippen molar-refractivity contribution in [2.75, 3.05) is 18.4 Å². The van der Waals surface area contributed by atoms with E-state index in [1.807, 2.05) is 13.8 Å². The summed E-state index contributed by atoms with van der Waals surface area (Å²) in [7, 11) is 0. The van der Waals surface area contributed by atoms with Crippen LogP contribution in [0.5, 0.6) is 0 Å². The van der Waals surface area contributed by atoms with Crippen LogP contribution in [0.1, 0.15) is 19.4 Å². The lowest BCUT2D eigenvalue weighted by Crippen LogP contribution is -2.32. The van der Waals surface area contributed by atoms with Crippen molar-refractivity contribution in [1.29, 1.82) is 0 Å². The molecule has 0 aliphatic heterocycles. The highest BCUT2D eigenvalue weighted by atomic mass is 35.5. The highest BCUT2D eigenvalue weighted by molar-refractivity contribution is 7.80. The monoisotopic (exact) mass is 299 g/mol. The fraction of sp³-hybridized carbons (Fsp3) is 0.385. The van der Waals surface area contributed by atoms with Crippen molar-refractivity contribution >= 4 is 40.4 Å². The zero-order valence-corrected chi connectivity index (χ0v) is 12.6. The molecule has 0 spiro atoms. The average Bonchev–Trinajstić information content (AvgIpc) is 2.33. The van der Waals surface area contributed by atoms with Crippen LogP contribution in [0.3, 0.4) is 0 Å². The molecule has 1 rings (SSSR count). The summed E-state index contributed by atoms with van der Waals surface area (Å²) in [6.07, 6.45) is 0. The van der Waals surface area contributed by atoms with Gasteiger partial charge in [0.05, 0.1) is 11.6 Å². The van der Waals surface area contributed by atoms with Crippen LogP contribution in [0, 0.1) is 5.92 Å². The predicted octanol–water partition coefficient (Wildman–Crippen LogP) is 2.16. The molecule has 0 bridgehead atoms. The predicted molar refractivity (Wildman–Crippen MR) is 83.7 cm³/mol. The summed E-state index contributed by atoms with van der Waals surface area (Å²) in [4.78, 5) is 11.8. The molecular weight excluding hydrogens is 282 g/mol. The third-order valence-corrected chi connectivity index (χ3v) is 2.93. The Kier molecular flexibility index (Phi) is 6.05. The van der Waals surface area contributed by atoms with Gasteiger partial charge < -0.3 is 16.4 Å². The number of hydrogen-bond acceptors (Lipinski definition) is 3. The fourth-order valence-corrected chi connectivity index (χ4v) is 1.90. The number of carbonyl (C=O) groups excluding carboxylic acids is 1. The second-order valence-electron chi connectivity index (χ2n) is 4.61. The molecule has 4 N–H and O–H groups in total. The molecule has 0 fully saturated rings. The van der Waals surface area contributed by atoms with Crippen molar-refractivity contribution in [2.24, 2.45) is 11.7 Å². The van der Waals surface area contributed by atoms with Gasteiger partial charge in [-0.15, -0.1) is 0 Å². The number of nitrogens with one attached hydrogen (secondary N) is 2. The van der Waals surface area contributed by atoms with Crippen LogP contribution in [-0.4, -0.2) is 24.0 Å². The van der Waals surface area contributed by atoms with Crippen molar-refractivity contribution in [2.45, 2.75) is 13.8 Å². The summed E-state index contributed by atoms with van der Waals surface area (Å²) in [6.45, 7) is 4.96. The Morgan fingerprint density at radius 3 is 2.68 bits per heavy atom. The first-order valence-corrected chi connectivity index (χ1v) is 6.78. The smallest absolute Gasteiger partial charge is 0.239 e. The Labute approximate surface area is 123 Å². The number of amides is 1. The van der Waals surface area contributed by atoms with E-state index in [0.29, 0.717) is 23.0 Å². The molecular formula is C13H18ClN3OS. The van der Waals surface area contributed by atoms with E-state index in [-0.39, 0.29) is 17.4 Å². The third-order valence-electron chi connectivity index (χ3n) is 2.40. The number of thiocarbonyl (C=S) groups is 1. The first kappa shape index (κ1) is 15.7. The number of hydrogen-bond donors (Lipinski definition) is 3. The average molecular weight is 300 g/mol. The largest absolute Gasteiger partial charge is 0.389 e. The van der Waals surface area contributed by atoms with Gasteiger partial charge in [-0.05, 0) is 24.1 Å². The summed E-state index contributed by atoms with van der Waals surface area (Å²) in [5, 5.41) is 6.29. The zero-order chi connectivity index (χ0) is 14.4. The minimum atomic E-state index is -0.0526. The van der Waals surface area contributed by atoms with E-state index in [2.05, 4.69) is 10.6 Å². The van der Waals surface area contributed by atoms with E-state index in [1.54, 1.807) is 18.2 Å². The Morgan fingerprint density at radius 1 is 1.47 bits per heavy atom. The molecule has 1 aromatic rings. The van der Waals surface area contributed by atoms with E-state index < -0.39 is 0 Å². The molecule has 1 aromatic carbocycles. The summed E-state index contributed by atoms with van der Waals surface area (Å²) >= 11 is 10.9. The van der Waals surface area contributed by atoms with Crippen LogP contribution >= 0.6 is 23.8 Å². The van der Waals surface area contributed by atoms with Crippen LogP contribution in [0.4, 0.5) is 5.69 Å². The SMILES string of the molecule is CC(C)CNC(=O)CNc1ccc(C(N)=S)c(Cl)c1. The fourth-order valence-electron chi connectivity index (χ4n) is 1.39. The van der Waals surface area contributed by atoms with Crippen LogP contribution in [0.15, 0.2) is 18.2 Å². The first-order valence-electron chi connectivity index (χ1n) is 6.00. The maximum Gasteiger partial charge on any atom is 0.239 e. The molecule has 104 valence electrons. The van der Waals surface area contributed by atoms with Crippen LogP contribution < -0.4 is 16.4 Å². The van der Waals surface area contributed by atoms with Crippen molar-refractivity contribution in [1.82, 2.24) is 5.32 Å². The van der Waals surface area contributed by atoms with Gasteiger partial charge in [-0.25, -0.2) is 0 Å². The number of rotatable bonds is 6. The van der Waals surface area contributed by atoms with E-state index in [1.165, 1.54) is 0 Å². The van der Waals surface area contributed by atoms with Gasteiger partial charge in [0.15, 0.2) is 0 Å². The van der Waals surface area contributed by atoms with E-state index >= 15 is 0 Å². The second-order valence-corrected chi connectivity index (χ2v) is 5.46. The molecule has 19 heavy (non-hydrogen) atoms. The van der Waals surface area contributed by atoms with Crippen molar-refractivity contribution in [3.05, 3.63) is 28.8 Å². The molecule has 0 atom stereocenters. The van der Waals surface area contributed by atoms with Gasteiger partial charge in [-0.3, -0.25) is 4.79 Å². The maximum atomic E-state index is 11.5. The van der Waals surface area contributed by atoms with Crippen LogP contribution in [-0.2, 0) is 4.79 Å². The normalized spacial score (nSPS) is 10.3. The van der Waals surface area contributed by atoms with Gasteiger partial charge in [0.1, 0.15) is 4.99 Å². The highest BCUT2D eigenvalue weighted by Crippen LogP contribution is 2.20. The molecule has 0 saturated carbocycles. The molecule has 6 heteroatoms. The molecule has 0 radical (unpaired) electrons. The van der Waals surface area contributed by atoms with E-state index in [9.17, 15) is 4.79 Å². The number of carbonyl (C=O) groups is 1. The quantitative estimate of drug-likeness (QED) is 0.704. The van der Waals surface area contributed by atoms with Gasteiger partial charge in [-0.2, -0.15) is 0 Å². The maximum absolute atomic E-state index is 11.5. The molecule has 0 unspecified atom stereocenters. The Balaban J connectivity index is 2.52. The van der Waals surface area contributed by atoms with Crippen LogP contribution in [0.25, 0.3) is 0 Å². The van der Waals surface area contributed by atoms with Gasteiger partial charge in [-0.1, -0.05) is 37.7 Å². The molecule has 0 aliphatic rings. The lowest BCUT2D eigenvalue weighted by atomic mass is 10.2. The molecule has 1 amide bonds. The Hall–Kier alpha value is -1.33. The summed E-state index contributed by atoms with van der Waals surface area (Å²) in [5.74, 6) is 0.381. The molecule has 4 nitrogen and oxygen atoms in total. The number of nitrogens with two attached hydrogens (primary N) is 1. The van der Waals surface area contributed by atoms with Gasteiger partial charge >= 0.3 is 0 Å². The lowest BCUT2D eigenvalue weighted by molar-refractivity contribution is -0.119. The standard InChI is InChI=1S/C13H18ClN3OS/c1-8(2)6-17-12(18)7-16-9-3-4-10(13(15)19)11(14)5-9/h3-5,8,16H,6-7H2,1-2H3,(H2,15,19)(H,17,18). The second kappa shape index (κ2) is 7.31. The third kappa shape index (κ3) is 5.44. The summed E-state index contributed by atoms with van der Waals surface area (Å²) in [6, 6.07) is 5.22. The lowest BCUT2D eigenvalue weighted by Gasteiger charge is -2.10. The number of benzene rings is 1. The van der Waals surface area contributed by atoms with E-state index in [4.69, 9.17) is 29.6 Å². The van der Waals surface area contributed by atoms with Crippen LogP contribution in [0.2, 0.25) is 5.02 Å². The summed E-state index contributed by atoms with van der Waals surface area (Å²) < 4.78 is 0. The molecule has 0 aliphatic carbocycles. The topological polar surface area (TPSA) is 67.2 Å². The van der Waals surface area contributed by atoms with E-state index in [0.717, 1.165) is 5.69 Å². The summed E-state index contributed by atoms with van der Waals surface area (Å²) in [5.41, 5.74) is 6.90. The first-order chi connectivity index (χ1) is 8.90. The van der Waals surface area contributed by atoms with Crippen molar-refractivity contribution < 1.29 is 4.79 Å². The number of anilines is 1. The molecule has 0 aromatic heterocycles. The number of halogens is 1. The van der Waals surface area contributed by atoms with Gasteiger partial charge in [0.2, 0.25) is 5.91 Å². The van der Waals surface area contributed by atoms with Crippen molar-refractivity contribution in [3.8, 4) is 0 Å². The molecule has 0 saturated heterocycles. The Bertz CT molecular complexity index is 477. The highest BCUT2D eigenvalue weighted by Gasteiger charge is 2.06.